The van der Waals surface area contributed by atoms with E-state index in [9.17, 15) is 29.3 Å². The molecule has 1 saturated heterocycles. The van der Waals surface area contributed by atoms with Crippen molar-refractivity contribution in [1.29, 1.82) is 0 Å². The molecule has 0 saturated carbocycles. The Kier molecular flexibility index (Phi) is 9.14. The molecular weight excluding hydrogens is 512 g/mol. The molecule has 14 nitrogen and oxygen atoms in total. The van der Waals surface area contributed by atoms with Gasteiger partial charge < -0.3 is 20.2 Å². The van der Waals surface area contributed by atoms with Gasteiger partial charge in [0, 0.05) is 23.3 Å². The van der Waals surface area contributed by atoms with Crippen molar-refractivity contribution in [3.63, 3.8) is 0 Å². The number of carbonyl (C=O) groups excluding carboxylic acids is 4. The molecule has 14 heteroatoms. The lowest BCUT2D eigenvalue weighted by molar-refractivity contribution is -0.384. The fourth-order valence-electron chi connectivity index (χ4n) is 3.49. The lowest BCUT2D eigenvalue weighted by atomic mass is 10.0. The highest BCUT2D eigenvalue weighted by molar-refractivity contribution is 6.02. The molecule has 1 aliphatic rings. The number of hydrazone groups is 1. The zero-order valence-electron chi connectivity index (χ0n) is 21.9. The molecule has 1 aromatic carbocycles. The number of amides is 4. The molecule has 1 aromatic heterocycles. The van der Waals surface area contributed by atoms with Crippen LogP contribution >= 0.6 is 0 Å². The van der Waals surface area contributed by atoms with Crippen LogP contribution in [0.2, 0.25) is 0 Å². The molecule has 0 aliphatic carbocycles. The predicted molar refractivity (Wildman–Crippen MR) is 138 cm³/mol. The Hall–Kier alpha value is -4.59. The number of benzene rings is 1. The van der Waals surface area contributed by atoms with Crippen molar-refractivity contribution < 1.29 is 33.3 Å². The molecule has 1 aliphatic heterocycles. The fraction of sp³-hybridized carbons (Fsp3) is 0.400. The first-order valence-corrected chi connectivity index (χ1v) is 12.1. The Bertz CT molecular complexity index is 1280. The van der Waals surface area contributed by atoms with Gasteiger partial charge in [0.05, 0.1) is 17.2 Å². The smallest absolute Gasteiger partial charge is 0.344 e. The topological polar surface area (TPSA) is 199 Å². The highest BCUT2D eigenvalue weighted by Crippen LogP contribution is 2.27. The van der Waals surface area contributed by atoms with E-state index < -0.39 is 40.8 Å². The summed E-state index contributed by atoms with van der Waals surface area (Å²) >= 11 is 0. The first-order chi connectivity index (χ1) is 18.4. The lowest BCUT2D eigenvalue weighted by Crippen LogP contribution is -2.52. The summed E-state index contributed by atoms with van der Waals surface area (Å²) in [6, 6.07) is 4.69. The number of nitrogens with one attached hydrogen (secondary N) is 2. The zero-order valence-corrected chi connectivity index (χ0v) is 21.9. The number of ether oxygens (including phenoxy) is 1. The number of imide groups is 1. The number of hydrogen-bond donors (Lipinski definition) is 3. The first-order valence-electron chi connectivity index (χ1n) is 12.1. The molecule has 2 atom stereocenters. The third kappa shape index (κ3) is 7.25. The molecular formula is C25H30N6O8. The van der Waals surface area contributed by atoms with Crippen LogP contribution < -0.4 is 16.4 Å². The summed E-state index contributed by atoms with van der Waals surface area (Å²) in [7, 11) is 0. The van der Waals surface area contributed by atoms with Gasteiger partial charge in [0.15, 0.2) is 5.76 Å². The number of nitrogens with zero attached hydrogens (tertiary/aromatic N) is 3. The third-order valence-corrected chi connectivity index (χ3v) is 5.90. The second kappa shape index (κ2) is 12.3. The Morgan fingerprint density at radius 2 is 1.90 bits per heavy atom. The average Bonchev–Trinajstić information content (AvgIpc) is 3.44. The molecule has 1 fully saturated rings. The van der Waals surface area contributed by atoms with Crippen LogP contribution in [-0.2, 0) is 25.7 Å². The van der Waals surface area contributed by atoms with Gasteiger partial charge in [-0.25, -0.2) is 14.6 Å². The van der Waals surface area contributed by atoms with Crippen molar-refractivity contribution in [2.24, 2.45) is 22.7 Å². The van der Waals surface area contributed by atoms with Gasteiger partial charge in [-0.05, 0) is 30.0 Å². The number of esters is 1. The van der Waals surface area contributed by atoms with Crippen LogP contribution in [0.1, 0.15) is 39.0 Å². The summed E-state index contributed by atoms with van der Waals surface area (Å²) in [5.74, 6) is -1.71. The Labute approximate surface area is 223 Å². The van der Waals surface area contributed by atoms with Crippen LogP contribution in [0.5, 0.6) is 0 Å². The van der Waals surface area contributed by atoms with E-state index in [2.05, 4.69) is 15.7 Å². The molecule has 4 N–H and O–H groups in total. The van der Waals surface area contributed by atoms with Crippen molar-refractivity contribution in [1.82, 2.24) is 15.6 Å². The number of nitrogens with two attached hydrogens (primary N) is 1. The zero-order chi connectivity index (χ0) is 28.9. The van der Waals surface area contributed by atoms with Gasteiger partial charge in [-0.3, -0.25) is 25.0 Å². The Morgan fingerprint density at radius 1 is 1.23 bits per heavy atom. The first kappa shape index (κ1) is 29.0. The van der Waals surface area contributed by atoms with E-state index in [-0.39, 0.29) is 42.2 Å². The summed E-state index contributed by atoms with van der Waals surface area (Å²) in [5.41, 5.74) is 6.65. The number of furan rings is 1. The highest BCUT2D eigenvalue weighted by Gasteiger charge is 2.30. The van der Waals surface area contributed by atoms with Gasteiger partial charge in [0.2, 0.25) is 11.8 Å². The summed E-state index contributed by atoms with van der Waals surface area (Å²) in [6.07, 6.45) is 1.19. The molecule has 2 aromatic rings. The average molecular weight is 543 g/mol. The molecule has 0 spiro atoms. The van der Waals surface area contributed by atoms with Gasteiger partial charge in [-0.2, -0.15) is 5.10 Å². The van der Waals surface area contributed by atoms with Gasteiger partial charge in [-0.1, -0.05) is 27.7 Å². The number of rotatable bonds is 11. The monoisotopic (exact) mass is 542 g/mol. The van der Waals surface area contributed by atoms with E-state index >= 15 is 0 Å². The van der Waals surface area contributed by atoms with Gasteiger partial charge in [0.1, 0.15) is 25.0 Å². The van der Waals surface area contributed by atoms with Crippen molar-refractivity contribution in [3.05, 3.63) is 51.8 Å². The fourth-order valence-corrected chi connectivity index (χ4v) is 3.49. The number of nitro benzene ring substituents is 1. The predicted octanol–water partition coefficient (Wildman–Crippen LogP) is 1.91. The van der Waals surface area contributed by atoms with Crippen LogP contribution in [-0.4, -0.2) is 58.6 Å². The number of nitro groups is 1. The highest BCUT2D eigenvalue weighted by atomic mass is 16.6. The quantitative estimate of drug-likeness (QED) is 0.125. The Morgan fingerprint density at radius 3 is 2.44 bits per heavy atom. The summed E-state index contributed by atoms with van der Waals surface area (Å²) in [6.45, 7) is 6.52. The third-order valence-electron chi connectivity index (χ3n) is 5.90. The second-order valence-corrected chi connectivity index (χ2v) is 9.57. The van der Waals surface area contributed by atoms with E-state index in [4.69, 9.17) is 14.9 Å². The Balaban J connectivity index is 1.83. The van der Waals surface area contributed by atoms with Crippen LogP contribution in [0.15, 0.2) is 39.9 Å². The van der Waals surface area contributed by atoms with Gasteiger partial charge in [0.25, 0.3) is 5.69 Å². The minimum Gasteiger partial charge on any atom is -0.459 e. The molecule has 0 bridgehead atoms. The SMILES string of the molecule is CC(C)[C@H](N)C(=O)N[C@H](C(=O)OCc1cc(-c2ccc([N+](=O)[O-])cc2)oc1/C=N/N1CC(=O)NC1=O)C(C)C. The molecule has 208 valence electrons. The molecule has 4 amide bonds. The van der Waals surface area contributed by atoms with Gasteiger partial charge >= 0.3 is 12.0 Å². The normalized spacial score (nSPS) is 15.1. The van der Waals surface area contributed by atoms with E-state index in [1.807, 2.05) is 0 Å². The molecule has 0 unspecified atom stereocenters. The summed E-state index contributed by atoms with van der Waals surface area (Å²) < 4.78 is 11.3. The maximum absolute atomic E-state index is 12.9. The minimum atomic E-state index is -0.959. The van der Waals surface area contributed by atoms with Crippen molar-refractivity contribution in [2.75, 3.05) is 6.54 Å². The van der Waals surface area contributed by atoms with Gasteiger partial charge in [-0.15, -0.1) is 0 Å². The largest absolute Gasteiger partial charge is 0.459 e. The van der Waals surface area contributed by atoms with E-state index in [0.717, 1.165) is 5.01 Å². The maximum atomic E-state index is 12.9. The van der Waals surface area contributed by atoms with Crippen molar-refractivity contribution in [2.45, 2.75) is 46.4 Å². The number of hydrogen-bond acceptors (Lipinski definition) is 10. The number of non-ortho nitro benzene ring substituents is 1. The van der Waals surface area contributed by atoms with Crippen molar-refractivity contribution >= 4 is 35.7 Å². The molecule has 2 heterocycles. The van der Waals surface area contributed by atoms with Crippen LogP contribution in [0.4, 0.5) is 10.5 Å². The van der Waals surface area contributed by atoms with E-state index in [0.29, 0.717) is 11.1 Å². The number of urea groups is 1. The maximum Gasteiger partial charge on any atom is 0.344 e. The van der Waals surface area contributed by atoms with Crippen LogP contribution in [0.3, 0.4) is 0 Å². The molecule has 0 radical (unpaired) electrons. The van der Waals surface area contributed by atoms with Crippen LogP contribution in [0.25, 0.3) is 11.3 Å². The van der Waals surface area contributed by atoms with E-state index in [1.54, 1.807) is 33.8 Å². The minimum absolute atomic E-state index is 0.107. The number of carbonyl (C=O) groups is 4. The molecule has 3 rings (SSSR count). The van der Waals surface area contributed by atoms with E-state index in [1.165, 1.54) is 30.5 Å². The summed E-state index contributed by atoms with van der Waals surface area (Å²) in [5, 5.41) is 20.6. The van der Waals surface area contributed by atoms with Crippen LogP contribution in [0, 0.1) is 22.0 Å². The second-order valence-electron chi connectivity index (χ2n) is 9.57. The van der Waals surface area contributed by atoms with Crippen molar-refractivity contribution in [3.8, 4) is 11.3 Å². The standard InChI is InChI=1S/C25H30N6O8/c1-13(2)21(26)23(33)29-22(14(3)4)24(34)38-12-16-9-18(15-5-7-17(8-6-15)31(36)37)39-19(16)10-27-30-11-20(32)28-25(30)35/h5-10,13-14,21-22H,11-12,26H2,1-4H3,(H,29,33)(H,28,32,35)/b27-10+/t21-,22-/m0/s1. The lowest BCUT2D eigenvalue weighted by Gasteiger charge is -2.23. The molecule has 39 heavy (non-hydrogen) atoms. The summed E-state index contributed by atoms with van der Waals surface area (Å²) in [4.78, 5) is 59.1.